The van der Waals surface area contributed by atoms with Crippen molar-refractivity contribution in [3.63, 3.8) is 0 Å². The Hall–Kier alpha value is -2.63. The highest BCUT2D eigenvalue weighted by molar-refractivity contribution is 6.04. The standard InChI is InChI=1S/C14H8F3NO2/c15-9-5-11(16)13(12(17)6-9)14(20)18-10-3-1-8(7-19)2-4-10/h1-7H,(H,18,20). The number of nitrogens with one attached hydrogen (secondary N) is 1. The van der Waals surface area contributed by atoms with Gasteiger partial charge in [-0.05, 0) is 24.3 Å². The molecule has 0 bridgehead atoms. The Morgan fingerprint density at radius 3 is 2.05 bits per heavy atom. The van der Waals surface area contributed by atoms with Gasteiger partial charge < -0.3 is 5.32 Å². The fourth-order valence-corrected chi connectivity index (χ4v) is 1.60. The first kappa shape index (κ1) is 13.8. The third-order valence-corrected chi connectivity index (χ3v) is 2.54. The number of benzene rings is 2. The number of carbonyl (C=O) groups excluding carboxylic acids is 2. The van der Waals surface area contributed by atoms with Crippen LogP contribution in [0, 0.1) is 17.5 Å². The molecule has 102 valence electrons. The molecule has 1 N–H and O–H groups in total. The van der Waals surface area contributed by atoms with Crippen molar-refractivity contribution in [1.29, 1.82) is 0 Å². The average molecular weight is 279 g/mol. The summed E-state index contributed by atoms with van der Waals surface area (Å²) in [6.45, 7) is 0. The largest absolute Gasteiger partial charge is 0.322 e. The van der Waals surface area contributed by atoms with E-state index in [2.05, 4.69) is 5.32 Å². The number of hydrogen-bond acceptors (Lipinski definition) is 2. The van der Waals surface area contributed by atoms with Gasteiger partial charge in [-0.2, -0.15) is 0 Å². The van der Waals surface area contributed by atoms with E-state index in [1.54, 1.807) is 0 Å². The van der Waals surface area contributed by atoms with Crippen LogP contribution in [0.25, 0.3) is 0 Å². The number of amides is 1. The molecule has 0 saturated heterocycles. The molecule has 0 fully saturated rings. The zero-order chi connectivity index (χ0) is 14.7. The van der Waals surface area contributed by atoms with Gasteiger partial charge in [-0.15, -0.1) is 0 Å². The number of aldehydes is 1. The van der Waals surface area contributed by atoms with Gasteiger partial charge in [-0.25, -0.2) is 13.2 Å². The van der Waals surface area contributed by atoms with E-state index in [9.17, 15) is 22.8 Å². The van der Waals surface area contributed by atoms with Gasteiger partial charge in [0.1, 0.15) is 29.3 Å². The summed E-state index contributed by atoms with van der Waals surface area (Å²) < 4.78 is 39.5. The molecule has 0 aliphatic rings. The van der Waals surface area contributed by atoms with Gasteiger partial charge in [-0.3, -0.25) is 9.59 Å². The third kappa shape index (κ3) is 2.85. The highest BCUT2D eigenvalue weighted by atomic mass is 19.1. The van der Waals surface area contributed by atoms with Crippen LogP contribution in [0.2, 0.25) is 0 Å². The van der Waals surface area contributed by atoms with E-state index < -0.39 is 28.9 Å². The van der Waals surface area contributed by atoms with Crippen molar-refractivity contribution in [2.24, 2.45) is 0 Å². The molecule has 0 aliphatic heterocycles. The lowest BCUT2D eigenvalue weighted by Crippen LogP contribution is -2.16. The molecule has 2 aromatic carbocycles. The van der Waals surface area contributed by atoms with Crippen molar-refractivity contribution < 1.29 is 22.8 Å². The maximum atomic E-state index is 13.4. The zero-order valence-electron chi connectivity index (χ0n) is 9.99. The molecule has 0 spiro atoms. The minimum atomic E-state index is -1.29. The van der Waals surface area contributed by atoms with E-state index in [4.69, 9.17) is 0 Å². The summed E-state index contributed by atoms with van der Waals surface area (Å²) in [4.78, 5) is 22.2. The molecule has 20 heavy (non-hydrogen) atoms. The molecule has 0 saturated carbocycles. The van der Waals surface area contributed by atoms with Crippen molar-refractivity contribution in [3.05, 3.63) is 65.0 Å². The van der Waals surface area contributed by atoms with Gasteiger partial charge in [-0.1, -0.05) is 0 Å². The molecule has 2 aromatic rings. The number of halogens is 3. The molecule has 2 rings (SSSR count). The van der Waals surface area contributed by atoms with E-state index in [-0.39, 0.29) is 5.69 Å². The Bertz CT molecular complexity index is 646. The fraction of sp³-hybridized carbons (Fsp3) is 0. The van der Waals surface area contributed by atoms with Crippen LogP contribution in [0.15, 0.2) is 36.4 Å². The molecule has 0 aliphatic carbocycles. The normalized spacial score (nSPS) is 10.2. The van der Waals surface area contributed by atoms with Crippen molar-refractivity contribution in [2.75, 3.05) is 5.32 Å². The van der Waals surface area contributed by atoms with Crippen molar-refractivity contribution in [3.8, 4) is 0 Å². The Labute approximate surface area is 112 Å². The summed E-state index contributed by atoms with van der Waals surface area (Å²) in [5.74, 6) is -4.72. The molecule has 0 atom stereocenters. The average Bonchev–Trinajstić information content (AvgIpc) is 2.38. The predicted octanol–water partition coefficient (Wildman–Crippen LogP) is 3.17. The Morgan fingerprint density at radius 1 is 1.00 bits per heavy atom. The molecule has 0 aromatic heterocycles. The summed E-state index contributed by atoms with van der Waals surface area (Å²) >= 11 is 0. The van der Waals surface area contributed by atoms with Crippen LogP contribution in [0.1, 0.15) is 20.7 Å². The van der Waals surface area contributed by atoms with E-state index in [0.29, 0.717) is 24.0 Å². The highest BCUT2D eigenvalue weighted by Gasteiger charge is 2.19. The molecule has 6 heteroatoms. The van der Waals surface area contributed by atoms with Crippen LogP contribution in [0.3, 0.4) is 0 Å². The predicted molar refractivity (Wildman–Crippen MR) is 66.1 cm³/mol. The lowest BCUT2D eigenvalue weighted by molar-refractivity contribution is 0.101. The quantitative estimate of drug-likeness (QED) is 0.877. The topological polar surface area (TPSA) is 46.2 Å². The second kappa shape index (κ2) is 5.56. The Morgan fingerprint density at radius 2 is 1.55 bits per heavy atom. The summed E-state index contributed by atoms with van der Waals surface area (Å²) in [6.07, 6.45) is 0.616. The molecule has 0 radical (unpaired) electrons. The lowest BCUT2D eigenvalue weighted by Gasteiger charge is -2.07. The lowest BCUT2D eigenvalue weighted by atomic mass is 10.1. The number of hydrogen-bond donors (Lipinski definition) is 1. The number of anilines is 1. The van der Waals surface area contributed by atoms with Crippen LogP contribution in [-0.2, 0) is 0 Å². The smallest absolute Gasteiger partial charge is 0.261 e. The zero-order valence-corrected chi connectivity index (χ0v) is 9.99. The summed E-state index contributed by atoms with van der Waals surface area (Å²) in [6, 6.07) is 6.52. The summed E-state index contributed by atoms with van der Waals surface area (Å²) in [5.41, 5.74) is -0.225. The van der Waals surface area contributed by atoms with E-state index in [1.807, 2.05) is 0 Å². The summed E-state index contributed by atoms with van der Waals surface area (Å²) in [7, 11) is 0. The SMILES string of the molecule is O=Cc1ccc(NC(=O)c2c(F)cc(F)cc2F)cc1. The molecular formula is C14H8F3NO2. The van der Waals surface area contributed by atoms with Crippen molar-refractivity contribution in [2.45, 2.75) is 0 Å². The Balaban J connectivity index is 2.25. The number of carbonyl (C=O) groups is 2. The highest BCUT2D eigenvalue weighted by Crippen LogP contribution is 2.17. The van der Waals surface area contributed by atoms with Crippen LogP contribution in [0.4, 0.5) is 18.9 Å². The number of rotatable bonds is 3. The van der Waals surface area contributed by atoms with Gasteiger partial charge in [0.25, 0.3) is 5.91 Å². The van der Waals surface area contributed by atoms with Gasteiger partial charge >= 0.3 is 0 Å². The van der Waals surface area contributed by atoms with E-state index in [1.165, 1.54) is 24.3 Å². The molecule has 0 unspecified atom stereocenters. The monoisotopic (exact) mass is 279 g/mol. The maximum Gasteiger partial charge on any atom is 0.261 e. The third-order valence-electron chi connectivity index (χ3n) is 2.54. The first-order valence-electron chi connectivity index (χ1n) is 5.52. The van der Waals surface area contributed by atoms with E-state index >= 15 is 0 Å². The minimum Gasteiger partial charge on any atom is -0.322 e. The first-order chi connectivity index (χ1) is 9.51. The second-order valence-corrected chi connectivity index (χ2v) is 3.94. The van der Waals surface area contributed by atoms with Crippen LogP contribution < -0.4 is 5.32 Å². The first-order valence-corrected chi connectivity index (χ1v) is 5.52. The van der Waals surface area contributed by atoms with Crippen LogP contribution in [0.5, 0.6) is 0 Å². The molecule has 0 heterocycles. The van der Waals surface area contributed by atoms with Crippen molar-refractivity contribution >= 4 is 17.9 Å². The fourth-order valence-electron chi connectivity index (χ4n) is 1.60. The van der Waals surface area contributed by atoms with Crippen LogP contribution in [-0.4, -0.2) is 12.2 Å². The molecular weight excluding hydrogens is 271 g/mol. The summed E-state index contributed by atoms with van der Waals surface area (Å²) in [5, 5.41) is 2.25. The van der Waals surface area contributed by atoms with Gasteiger partial charge in [0.05, 0.1) is 0 Å². The van der Waals surface area contributed by atoms with Gasteiger partial charge in [0.15, 0.2) is 0 Å². The van der Waals surface area contributed by atoms with Crippen LogP contribution >= 0.6 is 0 Å². The maximum absolute atomic E-state index is 13.4. The molecule has 1 amide bonds. The van der Waals surface area contributed by atoms with E-state index in [0.717, 1.165) is 0 Å². The second-order valence-electron chi connectivity index (χ2n) is 3.94. The van der Waals surface area contributed by atoms with Gasteiger partial charge in [0, 0.05) is 23.4 Å². The van der Waals surface area contributed by atoms with Gasteiger partial charge in [0.2, 0.25) is 0 Å². The Kier molecular flexibility index (Phi) is 3.84. The minimum absolute atomic E-state index is 0.253. The molecule has 3 nitrogen and oxygen atoms in total. The van der Waals surface area contributed by atoms with Crippen molar-refractivity contribution in [1.82, 2.24) is 0 Å².